The van der Waals surface area contributed by atoms with Crippen molar-refractivity contribution in [3.05, 3.63) is 59.1 Å². The summed E-state index contributed by atoms with van der Waals surface area (Å²) in [5.41, 5.74) is 1.27. The van der Waals surface area contributed by atoms with Gasteiger partial charge in [-0.25, -0.2) is 0 Å². The third-order valence-corrected chi connectivity index (χ3v) is 4.43. The summed E-state index contributed by atoms with van der Waals surface area (Å²) in [5, 5.41) is 3.01. The van der Waals surface area contributed by atoms with Crippen molar-refractivity contribution in [1.82, 2.24) is 0 Å². The Balaban J connectivity index is 1.88. The van der Waals surface area contributed by atoms with Crippen LogP contribution in [0.3, 0.4) is 0 Å². The highest BCUT2D eigenvalue weighted by molar-refractivity contribution is 8.14. The molecule has 0 saturated carbocycles. The van der Waals surface area contributed by atoms with Gasteiger partial charge in [-0.1, -0.05) is 53.7 Å². The van der Waals surface area contributed by atoms with E-state index < -0.39 is 5.92 Å². The fourth-order valence-corrected chi connectivity index (χ4v) is 3.32. The molecule has 1 atom stereocenters. The first-order valence-corrected chi connectivity index (χ1v) is 7.22. The van der Waals surface area contributed by atoms with Crippen molar-refractivity contribution >= 4 is 40.1 Å². The standard InChI is InChI=1S/C15H10ClNO2S/c16-10-6-2-3-7-11(10)17-14(18)13-9-5-1-4-8-12(9)20-15(13)19/h1-8,13H,(H,17,18). The van der Waals surface area contributed by atoms with E-state index in [2.05, 4.69) is 5.32 Å². The van der Waals surface area contributed by atoms with Crippen LogP contribution in [-0.4, -0.2) is 11.0 Å². The summed E-state index contributed by atoms with van der Waals surface area (Å²) in [6.07, 6.45) is 0. The van der Waals surface area contributed by atoms with Gasteiger partial charge in [0.2, 0.25) is 11.0 Å². The Kier molecular flexibility index (Phi) is 3.51. The van der Waals surface area contributed by atoms with E-state index in [0.29, 0.717) is 10.7 Å². The number of hydrogen-bond donors (Lipinski definition) is 1. The van der Waals surface area contributed by atoms with Crippen LogP contribution < -0.4 is 5.32 Å². The molecule has 0 spiro atoms. The van der Waals surface area contributed by atoms with E-state index in [-0.39, 0.29) is 11.0 Å². The number of carbonyl (C=O) groups excluding carboxylic acids is 2. The first kappa shape index (κ1) is 13.2. The Morgan fingerprint density at radius 3 is 2.60 bits per heavy atom. The maximum atomic E-state index is 12.3. The molecular weight excluding hydrogens is 294 g/mol. The van der Waals surface area contributed by atoms with Crippen LogP contribution in [0.1, 0.15) is 11.5 Å². The molecule has 0 radical (unpaired) electrons. The molecule has 2 aromatic carbocycles. The van der Waals surface area contributed by atoms with Crippen molar-refractivity contribution in [2.75, 3.05) is 5.32 Å². The van der Waals surface area contributed by atoms with Crippen molar-refractivity contribution < 1.29 is 9.59 Å². The fourth-order valence-electron chi connectivity index (χ4n) is 2.12. The molecule has 0 fully saturated rings. The van der Waals surface area contributed by atoms with Crippen molar-refractivity contribution in [1.29, 1.82) is 0 Å². The van der Waals surface area contributed by atoms with Crippen LogP contribution in [0.4, 0.5) is 5.69 Å². The molecule has 1 aliphatic rings. The van der Waals surface area contributed by atoms with E-state index in [9.17, 15) is 9.59 Å². The van der Waals surface area contributed by atoms with E-state index in [4.69, 9.17) is 11.6 Å². The van der Waals surface area contributed by atoms with E-state index in [1.807, 2.05) is 24.3 Å². The predicted octanol–water partition coefficient (Wildman–Crippen LogP) is 3.69. The average molecular weight is 304 g/mol. The Labute approximate surface area is 125 Å². The summed E-state index contributed by atoms with van der Waals surface area (Å²) >= 11 is 7.12. The first-order valence-electron chi connectivity index (χ1n) is 6.03. The highest BCUT2D eigenvalue weighted by Crippen LogP contribution is 2.41. The Morgan fingerprint density at radius 2 is 1.80 bits per heavy atom. The zero-order valence-electron chi connectivity index (χ0n) is 10.3. The zero-order valence-corrected chi connectivity index (χ0v) is 11.9. The van der Waals surface area contributed by atoms with Gasteiger partial charge in [-0.2, -0.15) is 0 Å². The van der Waals surface area contributed by atoms with Gasteiger partial charge in [0, 0.05) is 4.90 Å². The summed E-state index contributed by atoms with van der Waals surface area (Å²) in [5.74, 6) is -1.12. The van der Waals surface area contributed by atoms with Crippen molar-refractivity contribution in [3.8, 4) is 0 Å². The zero-order chi connectivity index (χ0) is 14.1. The van der Waals surface area contributed by atoms with Crippen LogP contribution in [0.25, 0.3) is 0 Å². The van der Waals surface area contributed by atoms with Crippen LogP contribution in [-0.2, 0) is 9.59 Å². The summed E-state index contributed by atoms with van der Waals surface area (Å²) in [6, 6.07) is 14.3. The molecule has 0 aliphatic carbocycles. The summed E-state index contributed by atoms with van der Waals surface area (Å²) in [7, 11) is 0. The number of amides is 1. The highest BCUT2D eigenvalue weighted by atomic mass is 35.5. The highest BCUT2D eigenvalue weighted by Gasteiger charge is 2.37. The van der Waals surface area contributed by atoms with Gasteiger partial charge in [-0.15, -0.1) is 0 Å². The van der Waals surface area contributed by atoms with Crippen LogP contribution in [0.2, 0.25) is 5.02 Å². The average Bonchev–Trinajstić information content (AvgIpc) is 2.77. The van der Waals surface area contributed by atoms with Crippen molar-refractivity contribution in [2.24, 2.45) is 0 Å². The number of carbonyl (C=O) groups is 2. The quantitative estimate of drug-likeness (QED) is 0.861. The predicted molar refractivity (Wildman–Crippen MR) is 80.1 cm³/mol. The minimum Gasteiger partial charge on any atom is -0.324 e. The molecule has 0 aromatic heterocycles. The molecule has 0 bridgehead atoms. The van der Waals surface area contributed by atoms with Crippen LogP contribution in [0.15, 0.2) is 53.4 Å². The van der Waals surface area contributed by atoms with Gasteiger partial charge < -0.3 is 5.32 Å². The van der Waals surface area contributed by atoms with Crippen LogP contribution in [0, 0.1) is 0 Å². The molecule has 3 rings (SSSR count). The number of nitrogens with one attached hydrogen (secondary N) is 1. The normalized spacial score (nSPS) is 16.9. The summed E-state index contributed by atoms with van der Waals surface area (Å²) in [4.78, 5) is 25.2. The Bertz CT molecular complexity index is 702. The molecule has 20 heavy (non-hydrogen) atoms. The third kappa shape index (κ3) is 2.32. The van der Waals surface area contributed by atoms with Gasteiger partial charge in [0.05, 0.1) is 10.7 Å². The van der Waals surface area contributed by atoms with Gasteiger partial charge >= 0.3 is 0 Å². The summed E-state index contributed by atoms with van der Waals surface area (Å²) < 4.78 is 0. The second-order valence-electron chi connectivity index (χ2n) is 4.36. The lowest BCUT2D eigenvalue weighted by atomic mass is 10.00. The van der Waals surface area contributed by atoms with Gasteiger partial charge in [-0.05, 0) is 23.8 Å². The molecule has 1 heterocycles. The first-order chi connectivity index (χ1) is 9.66. The van der Waals surface area contributed by atoms with Gasteiger partial charge in [-0.3, -0.25) is 9.59 Å². The number of benzene rings is 2. The SMILES string of the molecule is O=C(Nc1ccccc1Cl)C1C(=O)Sc2ccccc21. The molecule has 1 N–H and O–H groups in total. The molecule has 5 heteroatoms. The van der Waals surface area contributed by atoms with Crippen LogP contribution >= 0.6 is 23.4 Å². The van der Waals surface area contributed by atoms with Gasteiger partial charge in [0.1, 0.15) is 5.92 Å². The second kappa shape index (κ2) is 5.31. The number of fused-ring (bicyclic) bond motifs is 1. The molecule has 1 aliphatic heterocycles. The monoisotopic (exact) mass is 303 g/mol. The lowest BCUT2D eigenvalue weighted by Gasteiger charge is -2.11. The Morgan fingerprint density at radius 1 is 1.10 bits per heavy atom. The van der Waals surface area contributed by atoms with Gasteiger partial charge in [0.25, 0.3) is 0 Å². The summed E-state index contributed by atoms with van der Waals surface area (Å²) in [6.45, 7) is 0. The lowest BCUT2D eigenvalue weighted by Crippen LogP contribution is -2.23. The molecule has 0 saturated heterocycles. The number of anilines is 1. The molecule has 1 unspecified atom stereocenters. The number of halogens is 1. The van der Waals surface area contributed by atoms with E-state index in [1.165, 1.54) is 0 Å². The lowest BCUT2D eigenvalue weighted by molar-refractivity contribution is -0.123. The van der Waals surface area contributed by atoms with Gasteiger partial charge in [0.15, 0.2) is 0 Å². The second-order valence-corrected chi connectivity index (χ2v) is 5.81. The number of thioether (sulfide) groups is 1. The smallest absolute Gasteiger partial charge is 0.240 e. The molecule has 1 amide bonds. The third-order valence-electron chi connectivity index (χ3n) is 3.07. The Hall–Kier alpha value is -1.78. The maximum absolute atomic E-state index is 12.3. The topological polar surface area (TPSA) is 46.2 Å². The van der Waals surface area contributed by atoms with E-state index >= 15 is 0 Å². The molecule has 100 valence electrons. The van der Waals surface area contributed by atoms with E-state index in [0.717, 1.165) is 22.2 Å². The van der Waals surface area contributed by atoms with Crippen LogP contribution in [0.5, 0.6) is 0 Å². The maximum Gasteiger partial charge on any atom is 0.240 e. The van der Waals surface area contributed by atoms with Crippen molar-refractivity contribution in [3.63, 3.8) is 0 Å². The largest absolute Gasteiger partial charge is 0.324 e. The minimum atomic E-state index is -0.771. The molecular formula is C15H10ClNO2S. The number of para-hydroxylation sites is 1. The number of rotatable bonds is 2. The number of hydrogen-bond acceptors (Lipinski definition) is 3. The molecule has 3 nitrogen and oxygen atoms in total. The molecule has 2 aromatic rings. The van der Waals surface area contributed by atoms with E-state index in [1.54, 1.807) is 24.3 Å². The fraction of sp³-hybridized carbons (Fsp3) is 0.0667. The minimum absolute atomic E-state index is 0.157. The van der Waals surface area contributed by atoms with Crippen molar-refractivity contribution in [2.45, 2.75) is 10.8 Å².